The topological polar surface area (TPSA) is 82.9 Å². The third kappa shape index (κ3) is 9.04. The van der Waals surface area contributed by atoms with Crippen molar-refractivity contribution in [2.75, 3.05) is 45.9 Å². The summed E-state index contributed by atoms with van der Waals surface area (Å²) in [5.41, 5.74) is 3.37. The van der Waals surface area contributed by atoms with Crippen molar-refractivity contribution in [3.8, 4) is 11.4 Å². The highest BCUT2D eigenvalue weighted by Gasteiger charge is 2.30. The lowest BCUT2D eigenvalue weighted by Crippen LogP contribution is -2.51. The van der Waals surface area contributed by atoms with Crippen molar-refractivity contribution in [2.24, 2.45) is 5.92 Å². The first-order chi connectivity index (χ1) is 20.0. The van der Waals surface area contributed by atoms with E-state index >= 15 is 0 Å². The molecule has 8 nitrogen and oxygen atoms in total. The molecule has 0 spiro atoms. The molecule has 0 unspecified atom stereocenters. The number of nitrogens with one attached hydrogen (secondary N) is 1. The second kappa shape index (κ2) is 14.2. The number of piperazine rings is 1. The molecule has 2 N–H and O–H groups in total. The molecule has 1 aromatic heterocycles. The molecule has 1 aliphatic rings. The molecule has 0 aliphatic carbocycles. The van der Waals surface area contributed by atoms with Crippen LogP contribution < -0.4 is 10.1 Å². The number of halogens is 3. The molecular weight excluding hydrogens is 547 g/mol. The minimum atomic E-state index is -4.40. The maximum absolute atomic E-state index is 12.7. The first kappa shape index (κ1) is 31.5. The number of β-amino-alcohol motifs (C(OH)–C–C–N with tert-alkyl or cyclic N) is 1. The molecule has 228 valence electrons. The van der Waals surface area contributed by atoms with Gasteiger partial charge in [0.05, 0.1) is 30.0 Å². The van der Waals surface area contributed by atoms with Gasteiger partial charge in [-0.25, -0.2) is 4.68 Å². The average Bonchev–Trinajstić information content (AvgIpc) is 3.33. The molecule has 3 aromatic rings. The lowest BCUT2D eigenvalue weighted by atomic mass is 10.1. The predicted molar refractivity (Wildman–Crippen MR) is 155 cm³/mol. The molecule has 11 heteroatoms. The maximum Gasteiger partial charge on any atom is 0.416 e. The van der Waals surface area contributed by atoms with E-state index in [1.807, 2.05) is 16.8 Å². The Kier molecular flexibility index (Phi) is 10.6. The molecule has 4 rings (SSSR count). The lowest BCUT2D eigenvalue weighted by Gasteiger charge is -2.35. The molecule has 2 heterocycles. The van der Waals surface area contributed by atoms with Crippen molar-refractivity contribution < 1.29 is 27.8 Å². The number of aliphatic hydroxyl groups is 1. The van der Waals surface area contributed by atoms with Gasteiger partial charge in [0.15, 0.2) is 0 Å². The van der Waals surface area contributed by atoms with Crippen LogP contribution in [0.2, 0.25) is 0 Å². The van der Waals surface area contributed by atoms with Gasteiger partial charge in [0.2, 0.25) is 5.91 Å². The number of hydrogen-bond acceptors (Lipinski definition) is 6. The zero-order valence-corrected chi connectivity index (χ0v) is 24.4. The second-order valence-corrected chi connectivity index (χ2v) is 11.3. The standard InChI is InChI=1S/C31H40F3N5O3/c1-22(2)16-26-17-25(36-39(26)29-7-5-4-6-23(29)3)18-35-30(41)20-38-14-12-37(13-15-38)19-27(40)21-42-28-10-8-24(9-11-28)31(32,33)34/h4-11,17,22,27,40H,12-16,18-21H2,1-3H3,(H,35,41)/t27-/m0/s1. The van der Waals surface area contributed by atoms with Gasteiger partial charge in [-0.05, 0) is 61.2 Å². The van der Waals surface area contributed by atoms with E-state index in [4.69, 9.17) is 9.84 Å². The fourth-order valence-electron chi connectivity index (χ4n) is 5.00. The number of aromatic nitrogens is 2. The molecule has 2 aromatic carbocycles. The Morgan fingerprint density at radius 1 is 1.05 bits per heavy atom. The summed E-state index contributed by atoms with van der Waals surface area (Å²) in [5, 5.41) is 18.2. The van der Waals surface area contributed by atoms with Crippen molar-refractivity contribution >= 4 is 5.91 Å². The fourth-order valence-corrected chi connectivity index (χ4v) is 5.00. The van der Waals surface area contributed by atoms with Crippen LogP contribution in [0.25, 0.3) is 5.69 Å². The molecule has 1 saturated heterocycles. The number of alkyl halides is 3. The first-order valence-corrected chi connectivity index (χ1v) is 14.3. The van der Waals surface area contributed by atoms with Crippen molar-refractivity contribution in [3.05, 3.63) is 77.1 Å². The van der Waals surface area contributed by atoms with Gasteiger partial charge in [-0.1, -0.05) is 32.0 Å². The average molecular weight is 588 g/mol. The van der Waals surface area contributed by atoms with Crippen LogP contribution in [0.1, 0.15) is 36.4 Å². The van der Waals surface area contributed by atoms with Crippen LogP contribution in [-0.2, 0) is 23.9 Å². The number of rotatable bonds is 12. The number of ether oxygens (including phenoxy) is 1. The van der Waals surface area contributed by atoms with Crippen LogP contribution in [-0.4, -0.2) is 82.6 Å². The number of nitrogens with zero attached hydrogens (tertiary/aromatic N) is 4. The van der Waals surface area contributed by atoms with Crippen molar-refractivity contribution in [1.29, 1.82) is 0 Å². The Morgan fingerprint density at radius 2 is 1.71 bits per heavy atom. The maximum atomic E-state index is 12.7. The molecule has 1 fully saturated rings. The molecule has 1 aliphatic heterocycles. The zero-order chi connectivity index (χ0) is 30.3. The molecule has 1 amide bonds. The number of benzene rings is 2. The summed E-state index contributed by atoms with van der Waals surface area (Å²) >= 11 is 0. The lowest BCUT2D eigenvalue weighted by molar-refractivity contribution is -0.137. The van der Waals surface area contributed by atoms with E-state index in [1.54, 1.807) is 0 Å². The smallest absolute Gasteiger partial charge is 0.416 e. The molecule has 0 radical (unpaired) electrons. The Hall–Kier alpha value is -3.41. The number of hydrogen-bond donors (Lipinski definition) is 2. The van der Waals surface area contributed by atoms with Crippen LogP contribution in [0.15, 0.2) is 54.6 Å². The zero-order valence-electron chi connectivity index (χ0n) is 24.4. The Labute approximate surface area is 245 Å². The van der Waals surface area contributed by atoms with E-state index in [-0.39, 0.29) is 24.8 Å². The van der Waals surface area contributed by atoms with Gasteiger partial charge in [0.25, 0.3) is 0 Å². The number of aryl methyl sites for hydroxylation is 1. The second-order valence-electron chi connectivity index (χ2n) is 11.3. The fraction of sp³-hybridized carbons (Fsp3) is 0.484. The molecular formula is C31H40F3N5O3. The minimum Gasteiger partial charge on any atom is -0.491 e. The van der Waals surface area contributed by atoms with Gasteiger partial charge in [-0.3, -0.25) is 14.6 Å². The Balaban J connectivity index is 1.19. The van der Waals surface area contributed by atoms with Crippen LogP contribution >= 0.6 is 0 Å². The summed E-state index contributed by atoms with van der Waals surface area (Å²) in [6, 6.07) is 14.6. The van der Waals surface area contributed by atoms with Gasteiger partial charge in [-0.2, -0.15) is 18.3 Å². The summed E-state index contributed by atoms with van der Waals surface area (Å²) in [7, 11) is 0. The number of carbonyl (C=O) groups is 1. The van der Waals surface area contributed by atoms with E-state index in [0.29, 0.717) is 45.2 Å². The van der Waals surface area contributed by atoms with Gasteiger partial charge in [0, 0.05) is 38.4 Å². The largest absolute Gasteiger partial charge is 0.491 e. The number of carbonyl (C=O) groups excluding carboxylic acids is 1. The SMILES string of the molecule is Cc1ccccc1-n1nc(CNC(=O)CN2CCN(C[C@H](O)COc3ccc(C(F)(F)F)cc3)CC2)cc1CC(C)C. The normalized spacial score (nSPS) is 15.6. The van der Waals surface area contributed by atoms with E-state index in [1.165, 1.54) is 12.1 Å². The molecule has 42 heavy (non-hydrogen) atoms. The van der Waals surface area contributed by atoms with Crippen LogP contribution in [0.3, 0.4) is 0 Å². The molecule has 0 bridgehead atoms. The van der Waals surface area contributed by atoms with Gasteiger partial charge in [0.1, 0.15) is 18.5 Å². The number of aliphatic hydroxyl groups excluding tert-OH is 1. The number of amides is 1. The summed E-state index contributed by atoms with van der Waals surface area (Å²) in [6.07, 6.45) is -4.30. The summed E-state index contributed by atoms with van der Waals surface area (Å²) in [4.78, 5) is 16.9. The van der Waals surface area contributed by atoms with Crippen LogP contribution in [0, 0.1) is 12.8 Å². The summed E-state index contributed by atoms with van der Waals surface area (Å²) in [6.45, 7) is 10.1. The summed E-state index contributed by atoms with van der Waals surface area (Å²) < 4.78 is 45.5. The van der Waals surface area contributed by atoms with Crippen molar-refractivity contribution in [3.63, 3.8) is 0 Å². The highest BCUT2D eigenvalue weighted by atomic mass is 19.4. The monoisotopic (exact) mass is 587 g/mol. The van der Waals surface area contributed by atoms with Gasteiger partial charge in [-0.15, -0.1) is 0 Å². The first-order valence-electron chi connectivity index (χ1n) is 14.3. The van der Waals surface area contributed by atoms with E-state index in [2.05, 4.69) is 54.1 Å². The quantitative estimate of drug-likeness (QED) is 0.333. The van der Waals surface area contributed by atoms with Gasteiger partial charge >= 0.3 is 6.18 Å². The van der Waals surface area contributed by atoms with Crippen molar-refractivity contribution in [2.45, 2.75) is 46.0 Å². The summed E-state index contributed by atoms with van der Waals surface area (Å²) in [5.74, 6) is 0.679. The Bertz CT molecular complexity index is 1300. The Morgan fingerprint density at radius 3 is 2.36 bits per heavy atom. The molecule has 1 atom stereocenters. The van der Waals surface area contributed by atoms with Crippen LogP contribution in [0.4, 0.5) is 13.2 Å². The van der Waals surface area contributed by atoms with Crippen molar-refractivity contribution in [1.82, 2.24) is 24.9 Å². The van der Waals surface area contributed by atoms with E-state index in [0.717, 1.165) is 41.2 Å². The molecule has 0 saturated carbocycles. The van der Waals surface area contributed by atoms with Gasteiger partial charge < -0.3 is 15.2 Å². The minimum absolute atomic E-state index is 0.0214. The van der Waals surface area contributed by atoms with E-state index < -0.39 is 17.8 Å². The number of para-hydroxylation sites is 1. The van der Waals surface area contributed by atoms with Crippen LogP contribution in [0.5, 0.6) is 5.75 Å². The predicted octanol–water partition coefficient (Wildman–Crippen LogP) is 4.07. The third-order valence-corrected chi connectivity index (χ3v) is 7.19. The van der Waals surface area contributed by atoms with E-state index in [9.17, 15) is 23.1 Å². The third-order valence-electron chi connectivity index (χ3n) is 7.19. The highest BCUT2D eigenvalue weighted by molar-refractivity contribution is 5.78. The highest BCUT2D eigenvalue weighted by Crippen LogP contribution is 2.30.